The molecule has 12 heteroatoms. The summed E-state index contributed by atoms with van der Waals surface area (Å²) in [4.78, 5) is 42.7. The number of morpholine rings is 1. The topological polar surface area (TPSA) is 143 Å². The minimum Gasteiger partial charge on any atom is -0.392 e. The summed E-state index contributed by atoms with van der Waals surface area (Å²) in [6.07, 6.45) is 6.39. The predicted molar refractivity (Wildman–Crippen MR) is 177 cm³/mol. The lowest BCUT2D eigenvalue weighted by atomic mass is 9.99. The van der Waals surface area contributed by atoms with Crippen LogP contribution < -0.4 is 11.3 Å². The number of fused-ring (bicyclic) bond motifs is 2. The monoisotopic (exact) mass is 635 g/mol. The second-order valence-electron chi connectivity index (χ2n) is 12.4. The number of hydrogen-bond donors (Lipinski definition) is 3. The van der Waals surface area contributed by atoms with E-state index in [4.69, 9.17) is 10.5 Å². The number of nitrogens with one attached hydrogen (secondary N) is 1. The second kappa shape index (κ2) is 11.6. The van der Waals surface area contributed by atoms with Crippen LogP contribution in [0.1, 0.15) is 42.0 Å². The van der Waals surface area contributed by atoms with Gasteiger partial charge in [0.1, 0.15) is 11.5 Å². The van der Waals surface area contributed by atoms with Crippen LogP contribution in [0.2, 0.25) is 0 Å². The summed E-state index contributed by atoms with van der Waals surface area (Å²) in [5.74, 6) is -0.138. The molecule has 0 radical (unpaired) electrons. The molecule has 2 fully saturated rings. The van der Waals surface area contributed by atoms with Crippen LogP contribution in [0, 0.1) is 5.82 Å². The molecule has 11 nitrogen and oxygen atoms in total. The number of hydrogen-bond acceptors (Lipinski definition) is 7. The molecule has 0 unspecified atom stereocenters. The Bertz CT molecular complexity index is 2150. The van der Waals surface area contributed by atoms with Crippen molar-refractivity contribution in [3.8, 4) is 16.9 Å². The molecule has 0 bridgehead atoms. The fourth-order valence-corrected chi connectivity index (χ4v) is 6.83. The first-order valence-electron chi connectivity index (χ1n) is 15.9. The van der Waals surface area contributed by atoms with Gasteiger partial charge in [0.15, 0.2) is 0 Å². The zero-order valence-electron chi connectivity index (χ0n) is 25.7. The van der Waals surface area contributed by atoms with Crippen molar-refractivity contribution in [2.45, 2.75) is 31.8 Å². The average Bonchev–Trinajstić information content (AvgIpc) is 3.86. The molecule has 5 aromatic rings. The molecule has 3 aromatic heterocycles. The van der Waals surface area contributed by atoms with Gasteiger partial charge in [-0.05, 0) is 66.0 Å². The molecule has 5 heterocycles. The van der Waals surface area contributed by atoms with Crippen molar-refractivity contribution < 1.29 is 19.0 Å². The molecule has 1 saturated carbocycles. The molecular weight excluding hydrogens is 601 g/mol. The number of carbonyl (C=O) groups excluding carboxylic acids is 1. The Balaban J connectivity index is 1.16. The zero-order chi connectivity index (χ0) is 32.2. The van der Waals surface area contributed by atoms with Crippen LogP contribution in [-0.2, 0) is 11.3 Å². The number of carbonyl (C=O) groups is 1. The molecular formula is C35H34FN7O4. The highest BCUT2D eigenvalue weighted by molar-refractivity contribution is 5.95. The van der Waals surface area contributed by atoms with Crippen LogP contribution in [0.25, 0.3) is 44.3 Å². The number of nitrogen functional groups attached to an aromatic ring is 1. The molecule has 0 spiro atoms. The molecule has 2 aromatic carbocycles. The van der Waals surface area contributed by atoms with Crippen molar-refractivity contribution in [3.05, 3.63) is 87.7 Å². The Labute approximate surface area is 269 Å². The number of halogens is 1. The predicted octanol–water partition coefficient (Wildman–Crippen LogP) is 4.56. The maximum Gasteiger partial charge on any atom is 0.320 e. The zero-order valence-corrected chi connectivity index (χ0v) is 25.7. The summed E-state index contributed by atoms with van der Waals surface area (Å²) in [5.41, 5.74) is 10.9. The van der Waals surface area contributed by atoms with Crippen molar-refractivity contribution in [2.24, 2.45) is 0 Å². The van der Waals surface area contributed by atoms with Gasteiger partial charge in [0.2, 0.25) is 5.95 Å². The molecule has 2 amide bonds. The van der Waals surface area contributed by atoms with Crippen molar-refractivity contribution in [3.63, 3.8) is 0 Å². The van der Waals surface area contributed by atoms with Gasteiger partial charge in [-0.25, -0.2) is 14.2 Å². The number of H-pyrrole nitrogens is 1. The first kappa shape index (κ1) is 29.3. The number of aromatic amines is 1. The highest BCUT2D eigenvalue weighted by atomic mass is 19.1. The molecule has 1 saturated heterocycles. The van der Waals surface area contributed by atoms with E-state index in [0.717, 1.165) is 29.7 Å². The highest BCUT2D eigenvalue weighted by Crippen LogP contribution is 2.41. The Morgan fingerprint density at radius 1 is 1.09 bits per heavy atom. The number of anilines is 1. The normalized spacial score (nSPS) is 17.0. The maximum absolute atomic E-state index is 15.3. The van der Waals surface area contributed by atoms with Crippen LogP contribution in [-0.4, -0.2) is 79.8 Å². The number of nitrogens with zero attached hydrogens (tertiary/aromatic N) is 5. The fourth-order valence-electron chi connectivity index (χ4n) is 6.83. The van der Waals surface area contributed by atoms with E-state index >= 15 is 4.39 Å². The summed E-state index contributed by atoms with van der Waals surface area (Å²) in [6.45, 7) is 2.98. The summed E-state index contributed by atoms with van der Waals surface area (Å²) < 4.78 is 22.1. The first-order valence-corrected chi connectivity index (χ1v) is 15.9. The van der Waals surface area contributed by atoms with E-state index in [0.29, 0.717) is 90.7 Å². The summed E-state index contributed by atoms with van der Waals surface area (Å²) in [6, 6.07) is 12.4. The smallest absolute Gasteiger partial charge is 0.320 e. The SMILES string of the molecule is Nc1nc(-c2cccc(-n3ccc4cc(C5CC5)cc(F)c4c3=O)c2CO)c2cc(C3=CCN(C(=O)N4CCOCC4)CC3)[nH]c2n1. The van der Waals surface area contributed by atoms with Crippen LogP contribution in [0.4, 0.5) is 15.1 Å². The van der Waals surface area contributed by atoms with E-state index < -0.39 is 18.0 Å². The number of rotatable bonds is 5. The average molecular weight is 636 g/mol. The van der Waals surface area contributed by atoms with E-state index in [2.05, 4.69) is 15.0 Å². The molecule has 1 aliphatic carbocycles. The molecule has 2 aliphatic heterocycles. The Morgan fingerprint density at radius 2 is 1.91 bits per heavy atom. The van der Waals surface area contributed by atoms with E-state index in [9.17, 15) is 14.7 Å². The lowest BCUT2D eigenvalue weighted by molar-refractivity contribution is 0.0441. The molecule has 47 heavy (non-hydrogen) atoms. The van der Waals surface area contributed by atoms with E-state index in [-0.39, 0.29) is 17.4 Å². The number of ether oxygens (including phenoxy) is 1. The second-order valence-corrected chi connectivity index (χ2v) is 12.4. The third-order valence-corrected chi connectivity index (χ3v) is 9.46. The van der Waals surface area contributed by atoms with Gasteiger partial charge in [0, 0.05) is 54.6 Å². The fraction of sp³-hybridized carbons (Fsp3) is 0.314. The minimum absolute atomic E-state index is 0.0149. The van der Waals surface area contributed by atoms with Crippen molar-refractivity contribution in [1.82, 2.24) is 29.3 Å². The maximum atomic E-state index is 15.3. The largest absolute Gasteiger partial charge is 0.392 e. The van der Waals surface area contributed by atoms with Crippen molar-refractivity contribution in [1.29, 1.82) is 0 Å². The van der Waals surface area contributed by atoms with Gasteiger partial charge in [-0.2, -0.15) is 4.98 Å². The molecule has 4 N–H and O–H groups in total. The van der Waals surface area contributed by atoms with Gasteiger partial charge in [0.05, 0.1) is 36.6 Å². The number of aliphatic hydroxyl groups excluding tert-OH is 1. The van der Waals surface area contributed by atoms with E-state index in [1.54, 1.807) is 24.4 Å². The van der Waals surface area contributed by atoms with Crippen molar-refractivity contribution in [2.75, 3.05) is 45.1 Å². The van der Waals surface area contributed by atoms with E-state index in [1.165, 1.54) is 10.6 Å². The molecule has 240 valence electrons. The van der Waals surface area contributed by atoms with Gasteiger partial charge >= 0.3 is 6.03 Å². The molecule has 3 aliphatic rings. The number of amides is 2. The molecule has 8 rings (SSSR count). The number of aromatic nitrogens is 4. The summed E-state index contributed by atoms with van der Waals surface area (Å²) >= 11 is 0. The summed E-state index contributed by atoms with van der Waals surface area (Å²) in [7, 11) is 0. The lowest BCUT2D eigenvalue weighted by Crippen LogP contribution is -2.49. The quantitative estimate of drug-likeness (QED) is 0.257. The Kier molecular flexibility index (Phi) is 7.26. The standard InChI is InChI=1S/C35H34FN7O4/c36-27-17-23(20-4-5-20)16-22-8-11-43(33(45)30(22)27)29-3-1-2-24(26(29)19-44)31-25-18-28(38-32(25)40-34(37)39-31)21-6-9-41(10-7-21)35(46)42-12-14-47-15-13-42/h1-3,6,8,11,16-18,20,44H,4-5,7,9-10,12-15,19H2,(H3,37,38,39,40). The van der Waals surface area contributed by atoms with Crippen molar-refractivity contribution >= 4 is 39.4 Å². The van der Waals surface area contributed by atoms with E-state index in [1.807, 2.05) is 34.1 Å². The lowest BCUT2D eigenvalue weighted by Gasteiger charge is -2.34. The van der Waals surface area contributed by atoms with Crippen LogP contribution in [0.15, 0.2) is 59.5 Å². The first-order chi connectivity index (χ1) is 22.9. The van der Waals surface area contributed by atoms with Gasteiger partial charge in [-0.3, -0.25) is 9.36 Å². The van der Waals surface area contributed by atoms with Crippen LogP contribution >= 0.6 is 0 Å². The van der Waals surface area contributed by atoms with Crippen LogP contribution in [0.3, 0.4) is 0 Å². The number of aliphatic hydroxyl groups is 1. The number of nitrogens with two attached hydrogens (primary N) is 1. The molecule has 0 atom stereocenters. The van der Waals surface area contributed by atoms with Gasteiger partial charge < -0.3 is 30.4 Å². The third-order valence-electron chi connectivity index (χ3n) is 9.46. The third kappa shape index (κ3) is 5.23. The Hall–Kier alpha value is -5.07. The van der Waals surface area contributed by atoms with Gasteiger partial charge in [-0.15, -0.1) is 0 Å². The Morgan fingerprint density at radius 3 is 2.66 bits per heavy atom. The van der Waals surface area contributed by atoms with Crippen LogP contribution in [0.5, 0.6) is 0 Å². The van der Waals surface area contributed by atoms with Gasteiger partial charge in [-0.1, -0.05) is 24.3 Å². The summed E-state index contributed by atoms with van der Waals surface area (Å²) in [5, 5.41) is 11.9. The number of urea groups is 1. The minimum atomic E-state index is -0.541. The number of benzene rings is 2. The highest BCUT2D eigenvalue weighted by Gasteiger charge is 2.27. The van der Waals surface area contributed by atoms with Gasteiger partial charge in [0.25, 0.3) is 5.56 Å². The number of pyridine rings is 1.